The molecule has 0 amide bonds. The zero-order chi connectivity index (χ0) is 15.4. The van der Waals surface area contributed by atoms with Gasteiger partial charge in [0.05, 0.1) is 11.0 Å². The van der Waals surface area contributed by atoms with Gasteiger partial charge >= 0.3 is 0 Å². The summed E-state index contributed by atoms with van der Waals surface area (Å²) in [6, 6.07) is 10.9. The number of hydrogen-bond acceptors (Lipinski definition) is 1. The molecule has 0 saturated heterocycles. The van der Waals surface area contributed by atoms with E-state index in [1.165, 1.54) is 33.0 Å². The number of rotatable bonds is 0. The van der Waals surface area contributed by atoms with E-state index in [9.17, 15) is 0 Å². The molecule has 0 aliphatic carbocycles. The molecule has 21 heavy (non-hydrogen) atoms. The van der Waals surface area contributed by atoms with E-state index in [1.807, 2.05) is 0 Å². The van der Waals surface area contributed by atoms with Crippen molar-refractivity contribution in [2.45, 2.75) is 47.0 Å². The first-order chi connectivity index (χ1) is 9.79. The largest absolute Gasteiger partial charge is 0.248 e. The number of fused-ring (bicyclic) bond motifs is 2. The fourth-order valence-electron chi connectivity index (χ4n) is 3.20. The van der Waals surface area contributed by atoms with Gasteiger partial charge in [-0.05, 0) is 61.1 Å². The average Bonchev–Trinajstić information content (AvgIpc) is 2.40. The number of pyridine rings is 1. The molecule has 0 saturated carbocycles. The summed E-state index contributed by atoms with van der Waals surface area (Å²) >= 11 is 0. The monoisotopic (exact) mass is 277 g/mol. The molecule has 3 aromatic rings. The van der Waals surface area contributed by atoms with E-state index in [2.05, 4.69) is 71.9 Å². The quantitative estimate of drug-likeness (QED) is 0.487. The molecule has 2 aromatic carbocycles. The van der Waals surface area contributed by atoms with Gasteiger partial charge in [0, 0.05) is 10.8 Å². The molecule has 1 heteroatoms. The number of hydrogen-bond donors (Lipinski definition) is 0. The molecule has 1 aromatic heterocycles. The highest BCUT2D eigenvalue weighted by Gasteiger charge is 2.22. The number of aryl methyl sites for hydroxylation is 3. The molecule has 3 rings (SSSR count). The molecular weight excluding hydrogens is 254 g/mol. The van der Waals surface area contributed by atoms with Crippen LogP contribution < -0.4 is 0 Å². The van der Waals surface area contributed by atoms with Gasteiger partial charge in [0.25, 0.3) is 0 Å². The van der Waals surface area contributed by atoms with Gasteiger partial charge in [-0.25, -0.2) is 4.98 Å². The van der Waals surface area contributed by atoms with Crippen LogP contribution in [0.2, 0.25) is 0 Å². The lowest BCUT2D eigenvalue weighted by Gasteiger charge is -2.25. The SMILES string of the molecule is Cc1ccc2nc3ccc(C)c(C)c3c(C(C)(C)C)c2c1. The summed E-state index contributed by atoms with van der Waals surface area (Å²) in [5.41, 5.74) is 7.70. The maximum absolute atomic E-state index is 4.89. The van der Waals surface area contributed by atoms with E-state index in [0.29, 0.717) is 0 Å². The Morgan fingerprint density at radius 2 is 1.52 bits per heavy atom. The Morgan fingerprint density at radius 3 is 2.19 bits per heavy atom. The predicted molar refractivity (Wildman–Crippen MR) is 92.2 cm³/mol. The van der Waals surface area contributed by atoms with Gasteiger partial charge in [-0.3, -0.25) is 0 Å². The third kappa shape index (κ3) is 2.21. The van der Waals surface area contributed by atoms with E-state index in [1.54, 1.807) is 0 Å². The van der Waals surface area contributed by atoms with Crippen LogP contribution in [0.5, 0.6) is 0 Å². The summed E-state index contributed by atoms with van der Waals surface area (Å²) in [5, 5.41) is 2.63. The maximum Gasteiger partial charge on any atom is 0.0715 e. The summed E-state index contributed by atoms with van der Waals surface area (Å²) in [5.74, 6) is 0. The minimum atomic E-state index is 0.0891. The first-order valence-electron chi connectivity index (χ1n) is 7.60. The Labute approximate surface area is 127 Å². The van der Waals surface area contributed by atoms with E-state index >= 15 is 0 Å². The molecule has 0 fully saturated rings. The first kappa shape index (κ1) is 14.1. The van der Waals surface area contributed by atoms with E-state index in [-0.39, 0.29) is 5.41 Å². The van der Waals surface area contributed by atoms with E-state index < -0.39 is 0 Å². The van der Waals surface area contributed by atoms with Crippen LogP contribution >= 0.6 is 0 Å². The topological polar surface area (TPSA) is 12.9 Å². The van der Waals surface area contributed by atoms with Crippen LogP contribution in [-0.4, -0.2) is 4.98 Å². The molecule has 0 aliphatic heterocycles. The molecule has 0 radical (unpaired) electrons. The maximum atomic E-state index is 4.89. The zero-order valence-corrected chi connectivity index (χ0v) is 13.8. The van der Waals surface area contributed by atoms with Gasteiger partial charge in [-0.15, -0.1) is 0 Å². The van der Waals surface area contributed by atoms with Crippen LogP contribution in [0, 0.1) is 20.8 Å². The van der Waals surface area contributed by atoms with Crippen molar-refractivity contribution < 1.29 is 0 Å². The van der Waals surface area contributed by atoms with Crippen molar-refractivity contribution >= 4 is 21.8 Å². The second-order valence-corrected chi connectivity index (χ2v) is 7.16. The highest BCUT2D eigenvalue weighted by molar-refractivity contribution is 6.00. The van der Waals surface area contributed by atoms with Crippen molar-refractivity contribution in [3.8, 4) is 0 Å². The lowest BCUT2D eigenvalue weighted by atomic mass is 9.80. The predicted octanol–water partition coefficient (Wildman–Crippen LogP) is 5.61. The van der Waals surface area contributed by atoms with Crippen LogP contribution in [0.4, 0.5) is 0 Å². The molecule has 0 aliphatic rings. The summed E-state index contributed by atoms with van der Waals surface area (Å²) in [6.45, 7) is 13.4. The Bertz CT molecular complexity index is 851. The summed E-state index contributed by atoms with van der Waals surface area (Å²) in [6.07, 6.45) is 0. The van der Waals surface area contributed by atoms with Crippen molar-refractivity contribution in [3.63, 3.8) is 0 Å². The van der Waals surface area contributed by atoms with Crippen molar-refractivity contribution in [3.05, 3.63) is 52.6 Å². The summed E-state index contributed by atoms with van der Waals surface area (Å²) in [4.78, 5) is 4.89. The van der Waals surface area contributed by atoms with Crippen molar-refractivity contribution in [1.29, 1.82) is 0 Å². The molecule has 1 nitrogen and oxygen atoms in total. The Hall–Kier alpha value is -1.89. The fraction of sp³-hybridized carbons (Fsp3) is 0.350. The van der Waals surface area contributed by atoms with Crippen LogP contribution in [-0.2, 0) is 5.41 Å². The van der Waals surface area contributed by atoms with Gasteiger partial charge in [0.15, 0.2) is 0 Å². The van der Waals surface area contributed by atoms with E-state index in [4.69, 9.17) is 4.98 Å². The lowest BCUT2D eigenvalue weighted by Crippen LogP contribution is -2.14. The number of aromatic nitrogens is 1. The van der Waals surface area contributed by atoms with Crippen LogP contribution in [0.15, 0.2) is 30.3 Å². The highest BCUT2D eigenvalue weighted by atomic mass is 14.7. The third-order valence-corrected chi connectivity index (χ3v) is 4.38. The van der Waals surface area contributed by atoms with Crippen molar-refractivity contribution in [2.75, 3.05) is 0 Å². The Morgan fingerprint density at radius 1 is 0.857 bits per heavy atom. The molecule has 0 unspecified atom stereocenters. The molecule has 0 N–H and O–H groups in total. The molecule has 1 heterocycles. The molecule has 0 spiro atoms. The first-order valence-corrected chi connectivity index (χ1v) is 7.60. The van der Waals surface area contributed by atoms with Crippen molar-refractivity contribution in [2.24, 2.45) is 0 Å². The van der Waals surface area contributed by atoms with Crippen LogP contribution in [0.25, 0.3) is 21.8 Å². The minimum absolute atomic E-state index is 0.0891. The summed E-state index contributed by atoms with van der Waals surface area (Å²) in [7, 11) is 0. The number of nitrogens with zero attached hydrogens (tertiary/aromatic N) is 1. The standard InChI is InChI=1S/C20H23N/c1-12-7-9-16-15(11-12)19(20(4,5)6)18-14(3)13(2)8-10-17(18)21-16/h7-11H,1-6H3. The second kappa shape index (κ2) is 4.56. The van der Waals surface area contributed by atoms with Gasteiger partial charge in [-0.2, -0.15) is 0 Å². The van der Waals surface area contributed by atoms with Crippen LogP contribution in [0.1, 0.15) is 43.0 Å². The van der Waals surface area contributed by atoms with Gasteiger partial charge in [0.2, 0.25) is 0 Å². The number of benzene rings is 2. The Balaban J connectivity index is 2.64. The summed E-state index contributed by atoms with van der Waals surface area (Å²) < 4.78 is 0. The average molecular weight is 277 g/mol. The van der Waals surface area contributed by atoms with E-state index in [0.717, 1.165) is 11.0 Å². The molecule has 0 atom stereocenters. The molecule has 0 bridgehead atoms. The third-order valence-electron chi connectivity index (χ3n) is 4.38. The molecule has 108 valence electrons. The van der Waals surface area contributed by atoms with Crippen LogP contribution in [0.3, 0.4) is 0 Å². The normalized spacial score (nSPS) is 12.3. The lowest BCUT2D eigenvalue weighted by molar-refractivity contribution is 0.600. The van der Waals surface area contributed by atoms with Gasteiger partial charge in [0.1, 0.15) is 0 Å². The van der Waals surface area contributed by atoms with Crippen molar-refractivity contribution in [1.82, 2.24) is 4.98 Å². The zero-order valence-electron chi connectivity index (χ0n) is 13.8. The smallest absolute Gasteiger partial charge is 0.0715 e. The minimum Gasteiger partial charge on any atom is -0.248 e. The second-order valence-electron chi connectivity index (χ2n) is 7.16. The van der Waals surface area contributed by atoms with Gasteiger partial charge < -0.3 is 0 Å². The molecular formula is C20H23N. The van der Waals surface area contributed by atoms with Gasteiger partial charge in [-0.1, -0.05) is 38.5 Å². The Kier molecular flexibility index (Phi) is 3.05. The highest BCUT2D eigenvalue weighted by Crippen LogP contribution is 2.37. The fourth-order valence-corrected chi connectivity index (χ4v) is 3.20.